The number of hydrogen-bond donors (Lipinski definition) is 1. The minimum Gasteiger partial charge on any atom is -0.496 e. The van der Waals surface area contributed by atoms with E-state index in [0.717, 1.165) is 32.7 Å². The Hall–Kier alpha value is -1.33. The van der Waals surface area contributed by atoms with E-state index in [4.69, 9.17) is 4.74 Å². The molecule has 102 valence electrons. The number of benzene rings is 1. The van der Waals surface area contributed by atoms with E-state index in [-0.39, 0.29) is 6.61 Å². The summed E-state index contributed by atoms with van der Waals surface area (Å²) in [5.74, 6) is 0.813. The molecule has 0 atom stereocenters. The first kappa shape index (κ1) is 14.1. The fourth-order valence-corrected chi connectivity index (χ4v) is 2.69. The summed E-state index contributed by atoms with van der Waals surface area (Å²) in [7, 11) is 1.65. The van der Waals surface area contributed by atoms with Gasteiger partial charge in [-0.25, -0.2) is 0 Å². The fraction of sp³-hybridized carbons (Fsp3) is 0.357. The molecule has 4 nitrogen and oxygen atoms in total. The third-order valence-corrected chi connectivity index (χ3v) is 3.86. The average molecular weight is 325 g/mol. The first-order valence-electron chi connectivity index (χ1n) is 6.03. The van der Waals surface area contributed by atoms with E-state index in [0.29, 0.717) is 6.54 Å². The Labute approximate surface area is 121 Å². The molecule has 0 saturated carbocycles. The number of nitrogens with zero attached hydrogens (tertiary/aromatic N) is 2. The molecule has 5 heteroatoms. The molecule has 0 amide bonds. The van der Waals surface area contributed by atoms with Crippen molar-refractivity contribution < 1.29 is 9.84 Å². The van der Waals surface area contributed by atoms with Gasteiger partial charge in [-0.2, -0.15) is 5.10 Å². The highest BCUT2D eigenvalue weighted by Gasteiger charge is 2.11. The van der Waals surface area contributed by atoms with Crippen molar-refractivity contribution in [3.8, 4) is 5.75 Å². The zero-order chi connectivity index (χ0) is 14.0. The van der Waals surface area contributed by atoms with E-state index in [1.54, 1.807) is 7.11 Å². The molecule has 0 radical (unpaired) electrons. The summed E-state index contributed by atoms with van der Waals surface area (Å²) >= 11 is 3.48. The normalized spacial score (nSPS) is 10.8. The lowest BCUT2D eigenvalue weighted by Gasteiger charge is -2.08. The quantitative estimate of drug-likeness (QED) is 0.940. The first-order chi connectivity index (χ1) is 9.06. The smallest absolute Gasteiger partial charge is 0.133 e. The minimum absolute atomic E-state index is 0.0317. The predicted octanol–water partition coefficient (Wildman–Crippen LogP) is 2.81. The molecule has 0 aliphatic carbocycles. The van der Waals surface area contributed by atoms with Gasteiger partial charge in [0.1, 0.15) is 5.75 Å². The Balaban J connectivity index is 2.29. The number of aliphatic hydroxyl groups is 1. The van der Waals surface area contributed by atoms with Crippen molar-refractivity contribution in [3.63, 3.8) is 0 Å². The number of hydrogen-bond acceptors (Lipinski definition) is 3. The molecular formula is C14H17BrN2O2. The summed E-state index contributed by atoms with van der Waals surface area (Å²) < 4.78 is 8.05. The van der Waals surface area contributed by atoms with Gasteiger partial charge in [0.05, 0.1) is 30.4 Å². The van der Waals surface area contributed by atoms with Gasteiger partial charge in [0, 0.05) is 11.3 Å². The molecule has 1 N–H and O–H groups in total. The van der Waals surface area contributed by atoms with Crippen LogP contribution in [0, 0.1) is 13.8 Å². The van der Waals surface area contributed by atoms with Crippen LogP contribution < -0.4 is 4.74 Å². The van der Waals surface area contributed by atoms with Crippen molar-refractivity contribution in [1.29, 1.82) is 0 Å². The van der Waals surface area contributed by atoms with Crippen LogP contribution in [-0.2, 0) is 13.2 Å². The summed E-state index contributed by atoms with van der Waals surface area (Å²) in [6, 6.07) is 5.96. The van der Waals surface area contributed by atoms with Crippen LogP contribution in [-0.4, -0.2) is 22.0 Å². The van der Waals surface area contributed by atoms with Crippen LogP contribution in [0.25, 0.3) is 0 Å². The van der Waals surface area contributed by atoms with Gasteiger partial charge in [-0.05, 0) is 47.5 Å². The van der Waals surface area contributed by atoms with Crippen molar-refractivity contribution in [3.05, 3.63) is 45.2 Å². The van der Waals surface area contributed by atoms with Gasteiger partial charge in [-0.3, -0.25) is 4.68 Å². The lowest BCUT2D eigenvalue weighted by atomic mass is 10.2. The molecule has 0 unspecified atom stereocenters. The molecule has 2 aromatic rings. The molecule has 1 heterocycles. The van der Waals surface area contributed by atoms with Gasteiger partial charge in [-0.1, -0.05) is 6.07 Å². The van der Waals surface area contributed by atoms with E-state index < -0.39 is 0 Å². The van der Waals surface area contributed by atoms with Crippen LogP contribution in [0.15, 0.2) is 22.7 Å². The molecule has 0 aliphatic rings. The zero-order valence-electron chi connectivity index (χ0n) is 11.3. The second kappa shape index (κ2) is 5.75. The van der Waals surface area contributed by atoms with Crippen LogP contribution >= 0.6 is 15.9 Å². The van der Waals surface area contributed by atoms with Crippen LogP contribution in [0.2, 0.25) is 0 Å². The monoisotopic (exact) mass is 324 g/mol. The molecule has 0 bridgehead atoms. The SMILES string of the molecule is COc1ccc(Cn2nc(C)c(CO)c2C)cc1Br. The second-order valence-corrected chi connectivity index (χ2v) is 5.29. The Morgan fingerprint density at radius 2 is 2.11 bits per heavy atom. The second-order valence-electron chi connectivity index (χ2n) is 4.43. The maximum atomic E-state index is 9.31. The van der Waals surface area contributed by atoms with Gasteiger partial charge in [-0.15, -0.1) is 0 Å². The number of halogens is 1. The van der Waals surface area contributed by atoms with E-state index >= 15 is 0 Å². The Morgan fingerprint density at radius 3 is 2.63 bits per heavy atom. The largest absolute Gasteiger partial charge is 0.496 e. The average Bonchev–Trinajstić information content (AvgIpc) is 2.64. The Morgan fingerprint density at radius 1 is 1.37 bits per heavy atom. The van der Waals surface area contributed by atoms with Crippen molar-refractivity contribution in [2.75, 3.05) is 7.11 Å². The fourth-order valence-electron chi connectivity index (χ4n) is 2.10. The molecular weight excluding hydrogens is 308 g/mol. The number of aryl methyl sites for hydroxylation is 1. The zero-order valence-corrected chi connectivity index (χ0v) is 12.9. The van der Waals surface area contributed by atoms with Crippen LogP contribution in [0.4, 0.5) is 0 Å². The van der Waals surface area contributed by atoms with E-state index in [2.05, 4.69) is 21.0 Å². The third kappa shape index (κ3) is 2.82. The van der Waals surface area contributed by atoms with Gasteiger partial charge >= 0.3 is 0 Å². The van der Waals surface area contributed by atoms with Gasteiger partial charge in [0.15, 0.2) is 0 Å². The number of ether oxygens (including phenoxy) is 1. The summed E-state index contributed by atoms with van der Waals surface area (Å²) in [6.45, 7) is 4.60. The van der Waals surface area contributed by atoms with Gasteiger partial charge < -0.3 is 9.84 Å². The highest BCUT2D eigenvalue weighted by Crippen LogP contribution is 2.26. The van der Waals surface area contributed by atoms with E-state index in [9.17, 15) is 5.11 Å². The maximum Gasteiger partial charge on any atom is 0.133 e. The summed E-state index contributed by atoms with van der Waals surface area (Å²) in [4.78, 5) is 0. The van der Waals surface area contributed by atoms with E-state index in [1.165, 1.54) is 0 Å². The molecule has 1 aromatic carbocycles. The van der Waals surface area contributed by atoms with E-state index in [1.807, 2.05) is 36.7 Å². The number of methoxy groups -OCH3 is 1. The molecule has 0 spiro atoms. The maximum absolute atomic E-state index is 9.31. The standard InChI is InChI=1S/C14H17BrN2O2/c1-9-12(8-18)10(2)17(16-9)7-11-4-5-14(19-3)13(15)6-11/h4-6,18H,7-8H2,1-3H3. The highest BCUT2D eigenvalue weighted by molar-refractivity contribution is 9.10. The minimum atomic E-state index is 0.0317. The Kier molecular flexibility index (Phi) is 4.27. The molecule has 0 fully saturated rings. The van der Waals surface area contributed by atoms with Gasteiger partial charge in [0.25, 0.3) is 0 Å². The summed E-state index contributed by atoms with van der Waals surface area (Å²) in [6.07, 6.45) is 0. The molecule has 2 rings (SSSR count). The Bertz CT molecular complexity index is 593. The topological polar surface area (TPSA) is 47.3 Å². The number of aromatic nitrogens is 2. The van der Waals surface area contributed by atoms with Crippen LogP contribution in [0.5, 0.6) is 5.75 Å². The predicted molar refractivity (Wildman–Crippen MR) is 77.4 cm³/mol. The molecule has 19 heavy (non-hydrogen) atoms. The van der Waals surface area contributed by atoms with Crippen molar-refractivity contribution in [1.82, 2.24) is 9.78 Å². The van der Waals surface area contributed by atoms with Gasteiger partial charge in [0.2, 0.25) is 0 Å². The van der Waals surface area contributed by atoms with Crippen LogP contribution in [0.1, 0.15) is 22.5 Å². The summed E-state index contributed by atoms with van der Waals surface area (Å²) in [5, 5.41) is 13.8. The summed E-state index contributed by atoms with van der Waals surface area (Å²) in [5.41, 5.74) is 3.93. The van der Waals surface area contributed by atoms with Crippen molar-refractivity contribution in [2.24, 2.45) is 0 Å². The lowest BCUT2D eigenvalue weighted by Crippen LogP contribution is -2.04. The van der Waals surface area contributed by atoms with Crippen molar-refractivity contribution in [2.45, 2.75) is 27.0 Å². The first-order valence-corrected chi connectivity index (χ1v) is 6.82. The lowest BCUT2D eigenvalue weighted by molar-refractivity contribution is 0.280. The number of aliphatic hydroxyl groups excluding tert-OH is 1. The highest BCUT2D eigenvalue weighted by atomic mass is 79.9. The number of rotatable bonds is 4. The third-order valence-electron chi connectivity index (χ3n) is 3.24. The van der Waals surface area contributed by atoms with Crippen LogP contribution in [0.3, 0.4) is 0 Å². The molecule has 0 saturated heterocycles. The van der Waals surface area contributed by atoms with Crippen molar-refractivity contribution >= 4 is 15.9 Å². The molecule has 1 aromatic heterocycles. The molecule has 0 aliphatic heterocycles.